The highest BCUT2D eigenvalue weighted by Crippen LogP contribution is 2.39. The monoisotopic (exact) mass is 344 g/mol. The topological polar surface area (TPSA) is 55.8 Å². The van der Waals surface area contributed by atoms with Crippen molar-refractivity contribution in [2.24, 2.45) is 0 Å². The van der Waals surface area contributed by atoms with Gasteiger partial charge in [-0.2, -0.15) is 13.2 Å². The normalized spacial score (nSPS) is 24.4. The number of halogens is 3. The van der Waals surface area contributed by atoms with E-state index in [1.807, 2.05) is 0 Å². The fourth-order valence-corrected chi connectivity index (χ4v) is 3.04. The van der Waals surface area contributed by atoms with E-state index >= 15 is 0 Å². The number of aryl methyl sites for hydroxylation is 2. The summed E-state index contributed by atoms with van der Waals surface area (Å²) in [6.07, 6.45) is -4.09. The molecule has 2 atom stereocenters. The highest BCUT2D eigenvalue weighted by atomic mass is 19.4. The number of carbonyl (C=O) groups is 1. The third-order valence-electron chi connectivity index (χ3n) is 4.09. The lowest BCUT2D eigenvalue weighted by molar-refractivity contribution is -0.153. The predicted octanol–water partition coefficient (Wildman–Crippen LogP) is 3.32. The van der Waals surface area contributed by atoms with Gasteiger partial charge >= 0.3 is 12.1 Å². The van der Waals surface area contributed by atoms with Gasteiger partial charge in [-0.05, 0) is 62.6 Å². The van der Waals surface area contributed by atoms with Gasteiger partial charge in [0.05, 0.1) is 6.10 Å². The SMILES string of the molecule is CC1=CC(O)C(C)(c2c(C)cc(OCC(F)(F)F)cc2C)C(=O)O1. The minimum atomic E-state index is -4.43. The van der Waals surface area contributed by atoms with Crippen molar-refractivity contribution in [3.05, 3.63) is 40.7 Å². The standard InChI is InChI=1S/C17H19F3O4/c1-9-5-12(23-8-17(18,19)20)6-10(2)14(9)16(4)13(21)7-11(3)24-15(16)22/h5-7,13,21H,8H2,1-4H3. The molecule has 132 valence electrons. The summed E-state index contributed by atoms with van der Waals surface area (Å²) in [4.78, 5) is 12.4. The van der Waals surface area contributed by atoms with Crippen molar-refractivity contribution in [3.8, 4) is 5.75 Å². The molecule has 0 saturated heterocycles. The van der Waals surface area contributed by atoms with Crippen LogP contribution >= 0.6 is 0 Å². The molecule has 0 saturated carbocycles. The quantitative estimate of drug-likeness (QED) is 0.855. The number of benzene rings is 1. The molecule has 24 heavy (non-hydrogen) atoms. The predicted molar refractivity (Wildman–Crippen MR) is 80.7 cm³/mol. The zero-order valence-electron chi connectivity index (χ0n) is 13.8. The first-order valence-electron chi connectivity index (χ1n) is 7.35. The van der Waals surface area contributed by atoms with Gasteiger partial charge in [0.25, 0.3) is 0 Å². The lowest BCUT2D eigenvalue weighted by Gasteiger charge is -2.36. The summed E-state index contributed by atoms with van der Waals surface area (Å²) in [6, 6.07) is 2.84. The van der Waals surface area contributed by atoms with Gasteiger partial charge in [-0.25, -0.2) is 0 Å². The van der Waals surface area contributed by atoms with Crippen LogP contribution in [0.25, 0.3) is 0 Å². The maximum Gasteiger partial charge on any atom is 0.422 e. The van der Waals surface area contributed by atoms with Crippen LogP contribution in [0.4, 0.5) is 13.2 Å². The first-order chi connectivity index (χ1) is 10.9. The van der Waals surface area contributed by atoms with Gasteiger partial charge in [0.1, 0.15) is 16.9 Å². The molecular formula is C17H19F3O4. The summed E-state index contributed by atoms with van der Waals surface area (Å²) in [5.41, 5.74) is 0.260. The van der Waals surface area contributed by atoms with Crippen molar-refractivity contribution in [2.45, 2.75) is 45.4 Å². The minimum Gasteiger partial charge on any atom is -0.484 e. The summed E-state index contributed by atoms with van der Waals surface area (Å²) in [6.45, 7) is 5.02. The van der Waals surface area contributed by atoms with E-state index in [2.05, 4.69) is 0 Å². The molecule has 0 spiro atoms. The molecule has 1 N–H and O–H groups in total. The molecule has 0 bridgehead atoms. The second-order valence-corrected chi connectivity index (χ2v) is 6.15. The summed E-state index contributed by atoms with van der Waals surface area (Å²) in [5.74, 6) is -0.240. The van der Waals surface area contributed by atoms with Gasteiger partial charge in [-0.3, -0.25) is 4.79 Å². The number of cyclic esters (lactones) is 1. The average molecular weight is 344 g/mol. The first-order valence-corrected chi connectivity index (χ1v) is 7.35. The van der Waals surface area contributed by atoms with Gasteiger partial charge in [0.15, 0.2) is 6.61 Å². The van der Waals surface area contributed by atoms with Crippen LogP contribution < -0.4 is 4.74 Å². The van der Waals surface area contributed by atoms with Gasteiger partial charge < -0.3 is 14.6 Å². The molecule has 0 aromatic heterocycles. The third-order valence-corrected chi connectivity index (χ3v) is 4.09. The molecule has 4 nitrogen and oxygen atoms in total. The van der Waals surface area contributed by atoms with Crippen LogP contribution in [-0.4, -0.2) is 30.0 Å². The fourth-order valence-electron chi connectivity index (χ4n) is 3.04. The van der Waals surface area contributed by atoms with Gasteiger partial charge in [0.2, 0.25) is 0 Å². The molecule has 1 aromatic carbocycles. The third kappa shape index (κ3) is 3.40. The molecule has 1 aliphatic heterocycles. The van der Waals surface area contributed by atoms with Crippen LogP contribution in [0.2, 0.25) is 0 Å². The Morgan fingerprint density at radius 1 is 1.25 bits per heavy atom. The number of carbonyl (C=O) groups excluding carboxylic acids is 1. The van der Waals surface area contributed by atoms with Crippen molar-refractivity contribution < 1.29 is 32.5 Å². The number of aliphatic hydroxyl groups is 1. The highest BCUT2D eigenvalue weighted by Gasteiger charge is 2.47. The molecule has 1 heterocycles. The highest BCUT2D eigenvalue weighted by molar-refractivity contribution is 5.87. The summed E-state index contributed by atoms with van der Waals surface area (Å²) >= 11 is 0. The fraction of sp³-hybridized carbons (Fsp3) is 0.471. The van der Waals surface area contributed by atoms with E-state index in [0.29, 0.717) is 22.4 Å². The Balaban J connectivity index is 2.43. The Morgan fingerprint density at radius 2 is 1.79 bits per heavy atom. The molecular weight excluding hydrogens is 325 g/mol. The van der Waals surface area contributed by atoms with Crippen LogP contribution in [-0.2, 0) is 14.9 Å². The number of ether oxygens (including phenoxy) is 2. The van der Waals surface area contributed by atoms with E-state index in [0.717, 1.165) is 0 Å². The molecule has 0 aliphatic carbocycles. The van der Waals surface area contributed by atoms with Crippen molar-refractivity contribution in [3.63, 3.8) is 0 Å². The molecule has 2 unspecified atom stereocenters. The van der Waals surface area contributed by atoms with E-state index in [4.69, 9.17) is 9.47 Å². The van der Waals surface area contributed by atoms with Crippen molar-refractivity contribution >= 4 is 5.97 Å². The lowest BCUT2D eigenvalue weighted by Crippen LogP contribution is -2.47. The Kier molecular flexibility index (Phi) is 4.68. The van der Waals surface area contributed by atoms with Gasteiger partial charge in [-0.15, -0.1) is 0 Å². The molecule has 1 aromatic rings. The number of esters is 1. The number of aliphatic hydroxyl groups excluding tert-OH is 1. The molecule has 0 radical (unpaired) electrons. The van der Waals surface area contributed by atoms with Crippen molar-refractivity contribution in [1.82, 2.24) is 0 Å². The molecule has 1 aliphatic rings. The number of hydrogen-bond donors (Lipinski definition) is 1. The van der Waals surface area contributed by atoms with Crippen LogP contribution in [0.3, 0.4) is 0 Å². The molecule has 7 heteroatoms. The number of allylic oxidation sites excluding steroid dienone is 1. The van der Waals surface area contributed by atoms with E-state index in [-0.39, 0.29) is 5.75 Å². The Morgan fingerprint density at radius 3 is 2.25 bits per heavy atom. The molecule has 2 rings (SSSR count). The second-order valence-electron chi connectivity index (χ2n) is 6.15. The maximum atomic E-state index is 12.4. The maximum absolute atomic E-state index is 12.4. The van der Waals surface area contributed by atoms with Gasteiger partial charge in [-0.1, -0.05) is 0 Å². The van der Waals surface area contributed by atoms with Crippen molar-refractivity contribution in [2.75, 3.05) is 6.61 Å². The lowest BCUT2D eigenvalue weighted by atomic mass is 9.72. The van der Waals surface area contributed by atoms with Gasteiger partial charge in [0, 0.05) is 0 Å². The van der Waals surface area contributed by atoms with E-state index < -0.39 is 30.3 Å². The zero-order chi connectivity index (χ0) is 18.3. The van der Waals surface area contributed by atoms with E-state index in [1.165, 1.54) is 18.2 Å². The summed E-state index contributed by atoms with van der Waals surface area (Å²) in [5, 5.41) is 10.4. The number of hydrogen-bond acceptors (Lipinski definition) is 4. The van der Waals surface area contributed by atoms with Crippen LogP contribution in [0.1, 0.15) is 30.5 Å². The smallest absolute Gasteiger partial charge is 0.422 e. The van der Waals surface area contributed by atoms with E-state index in [1.54, 1.807) is 27.7 Å². The molecule has 0 amide bonds. The zero-order valence-corrected chi connectivity index (χ0v) is 13.8. The van der Waals surface area contributed by atoms with E-state index in [9.17, 15) is 23.1 Å². The largest absolute Gasteiger partial charge is 0.484 e. The average Bonchev–Trinajstić information content (AvgIpc) is 2.41. The summed E-state index contributed by atoms with van der Waals surface area (Å²) in [7, 11) is 0. The molecule has 0 fully saturated rings. The minimum absolute atomic E-state index is 0.0556. The van der Waals surface area contributed by atoms with Crippen LogP contribution in [0.15, 0.2) is 24.0 Å². The Hall–Kier alpha value is -2.02. The number of rotatable bonds is 3. The first kappa shape index (κ1) is 18.3. The van der Waals surface area contributed by atoms with Crippen molar-refractivity contribution in [1.29, 1.82) is 0 Å². The second kappa shape index (κ2) is 6.12. The summed E-state index contributed by atoms with van der Waals surface area (Å²) < 4.78 is 46.8. The number of alkyl halides is 3. The van der Waals surface area contributed by atoms with Crippen LogP contribution in [0, 0.1) is 13.8 Å². The van der Waals surface area contributed by atoms with Crippen LogP contribution in [0.5, 0.6) is 5.75 Å². The Labute approximate surface area is 137 Å². The Bertz CT molecular complexity index is 671.